The van der Waals surface area contributed by atoms with Gasteiger partial charge in [-0.15, -0.1) is 19.2 Å². The first-order chi connectivity index (χ1) is 11.1. The number of hydrogen-bond donors (Lipinski definition) is 1. The van der Waals surface area contributed by atoms with E-state index in [9.17, 15) is 4.79 Å². The predicted octanol–water partition coefficient (Wildman–Crippen LogP) is 1.96. The van der Waals surface area contributed by atoms with Crippen molar-refractivity contribution in [1.82, 2.24) is 4.90 Å². The molecule has 124 valence electrons. The van der Waals surface area contributed by atoms with Crippen LogP contribution in [0.15, 0.2) is 36.9 Å². The molecule has 0 N–H and O–H groups in total. The number of rotatable bonds is 4. The van der Waals surface area contributed by atoms with E-state index in [2.05, 4.69) is 48.4 Å². The zero-order valence-electron chi connectivity index (χ0n) is 13.4. The zero-order chi connectivity index (χ0) is 16.4. The maximum absolute atomic E-state index is 12.4. The second kappa shape index (κ2) is 6.84. The smallest absolute Gasteiger partial charge is 0.247 e. The first kappa shape index (κ1) is 16.2. The minimum atomic E-state index is -0.260. The van der Waals surface area contributed by atoms with Gasteiger partial charge in [0.25, 0.3) is 0 Å². The molecule has 23 heavy (non-hydrogen) atoms. The molecule has 0 bridgehead atoms. The van der Waals surface area contributed by atoms with Crippen LogP contribution in [0, 0.1) is 0 Å². The van der Waals surface area contributed by atoms with E-state index < -0.39 is 0 Å². The zero-order valence-corrected chi connectivity index (χ0v) is 14.3. The SMILES string of the molecule is C=CCN1C(=O)C(C)N(c2ccc(N3CCOCC3)cc2)C1S. The Labute approximate surface area is 142 Å². The molecule has 1 amide bonds. The van der Waals surface area contributed by atoms with Crippen LogP contribution in [0.4, 0.5) is 11.4 Å². The number of carbonyl (C=O) groups excluding carboxylic acids is 1. The van der Waals surface area contributed by atoms with Gasteiger partial charge in [0.05, 0.1) is 13.2 Å². The molecule has 2 fully saturated rings. The van der Waals surface area contributed by atoms with Gasteiger partial charge in [0, 0.05) is 31.0 Å². The summed E-state index contributed by atoms with van der Waals surface area (Å²) in [6, 6.07) is 8.12. The Bertz CT molecular complexity index is 572. The molecule has 2 heterocycles. The largest absolute Gasteiger partial charge is 0.378 e. The van der Waals surface area contributed by atoms with Crippen molar-refractivity contribution in [3.63, 3.8) is 0 Å². The number of ether oxygens (including phenoxy) is 1. The van der Waals surface area contributed by atoms with Gasteiger partial charge in [0.2, 0.25) is 5.91 Å². The normalized spacial score (nSPS) is 25.1. The Balaban J connectivity index is 1.78. The molecule has 0 saturated carbocycles. The standard InChI is InChI=1S/C17H23N3O2S/c1-3-8-19-16(21)13(2)20(17(19)23)15-6-4-14(5-7-15)18-9-11-22-12-10-18/h3-7,13,17,23H,1,8-12H2,2H3. The number of anilines is 2. The van der Waals surface area contributed by atoms with Gasteiger partial charge in [-0.3, -0.25) is 4.79 Å². The number of carbonyl (C=O) groups is 1. The highest BCUT2D eigenvalue weighted by Gasteiger charge is 2.41. The molecule has 1 aromatic carbocycles. The number of nitrogens with zero attached hydrogens (tertiary/aromatic N) is 3. The van der Waals surface area contributed by atoms with E-state index in [1.807, 2.05) is 11.8 Å². The lowest BCUT2D eigenvalue weighted by atomic mass is 10.2. The summed E-state index contributed by atoms with van der Waals surface area (Å²) < 4.78 is 5.39. The highest BCUT2D eigenvalue weighted by Crippen LogP contribution is 2.32. The van der Waals surface area contributed by atoms with Crippen molar-refractivity contribution in [2.45, 2.75) is 18.5 Å². The van der Waals surface area contributed by atoms with Crippen LogP contribution >= 0.6 is 12.6 Å². The molecule has 2 saturated heterocycles. The monoisotopic (exact) mass is 333 g/mol. The summed E-state index contributed by atoms with van der Waals surface area (Å²) in [6.07, 6.45) is 1.73. The first-order valence-corrected chi connectivity index (χ1v) is 8.45. The molecule has 5 nitrogen and oxygen atoms in total. The van der Waals surface area contributed by atoms with Crippen LogP contribution in [0.3, 0.4) is 0 Å². The molecule has 2 unspecified atom stereocenters. The third-order valence-corrected chi connectivity index (χ3v) is 4.96. The lowest BCUT2D eigenvalue weighted by molar-refractivity contribution is -0.128. The summed E-state index contributed by atoms with van der Waals surface area (Å²) in [5, 5.41) is 0. The first-order valence-electron chi connectivity index (χ1n) is 7.94. The van der Waals surface area contributed by atoms with Crippen LogP contribution < -0.4 is 9.80 Å². The van der Waals surface area contributed by atoms with Crippen molar-refractivity contribution in [1.29, 1.82) is 0 Å². The topological polar surface area (TPSA) is 36.0 Å². The van der Waals surface area contributed by atoms with Crippen molar-refractivity contribution in [3.8, 4) is 0 Å². The van der Waals surface area contributed by atoms with Crippen LogP contribution in [0.1, 0.15) is 6.92 Å². The number of amides is 1. The van der Waals surface area contributed by atoms with Crippen molar-refractivity contribution in [2.24, 2.45) is 0 Å². The third-order valence-electron chi connectivity index (χ3n) is 4.44. The van der Waals surface area contributed by atoms with Crippen LogP contribution in [0.25, 0.3) is 0 Å². The third kappa shape index (κ3) is 3.05. The van der Waals surface area contributed by atoms with Crippen LogP contribution in [0.5, 0.6) is 0 Å². The van der Waals surface area contributed by atoms with Gasteiger partial charge in [0.15, 0.2) is 5.50 Å². The Morgan fingerprint density at radius 1 is 1.26 bits per heavy atom. The number of morpholine rings is 1. The molecule has 6 heteroatoms. The van der Waals surface area contributed by atoms with E-state index in [1.54, 1.807) is 11.0 Å². The van der Waals surface area contributed by atoms with Crippen molar-refractivity contribution < 1.29 is 9.53 Å². The second-order valence-electron chi connectivity index (χ2n) is 5.82. The second-order valence-corrected chi connectivity index (χ2v) is 6.29. The minimum absolute atomic E-state index is 0.0853. The summed E-state index contributed by atoms with van der Waals surface area (Å²) in [4.78, 5) is 18.5. The predicted molar refractivity (Wildman–Crippen MR) is 96.1 cm³/mol. The molecule has 0 aromatic heterocycles. The summed E-state index contributed by atoms with van der Waals surface area (Å²) in [5.74, 6) is 0.0853. The fourth-order valence-electron chi connectivity index (χ4n) is 3.16. The molecule has 0 spiro atoms. The molecular formula is C17H23N3O2S. The molecular weight excluding hydrogens is 310 g/mol. The Hall–Kier alpha value is -1.66. The van der Waals surface area contributed by atoms with Crippen molar-refractivity contribution >= 4 is 29.9 Å². The van der Waals surface area contributed by atoms with Gasteiger partial charge in [-0.2, -0.15) is 0 Å². The molecule has 1 aromatic rings. The number of thiol groups is 1. The maximum atomic E-state index is 12.4. The van der Waals surface area contributed by atoms with Gasteiger partial charge in [-0.25, -0.2) is 0 Å². The van der Waals surface area contributed by atoms with E-state index >= 15 is 0 Å². The van der Waals surface area contributed by atoms with E-state index in [4.69, 9.17) is 4.74 Å². The lowest BCUT2D eigenvalue weighted by Gasteiger charge is -2.31. The van der Waals surface area contributed by atoms with Gasteiger partial charge < -0.3 is 19.4 Å². The molecule has 0 aliphatic carbocycles. The van der Waals surface area contributed by atoms with E-state index in [0.29, 0.717) is 6.54 Å². The van der Waals surface area contributed by atoms with E-state index in [1.165, 1.54) is 5.69 Å². The van der Waals surface area contributed by atoms with Crippen molar-refractivity contribution in [3.05, 3.63) is 36.9 Å². The number of benzene rings is 1. The number of hydrogen-bond acceptors (Lipinski definition) is 5. The summed E-state index contributed by atoms with van der Waals surface area (Å²) in [7, 11) is 0. The molecule has 3 rings (SSSR count). The fraction of sp³-hybridized carbons (Fsp3) is 0.471. The molecule has 0 radical (unpaired) electrons. The van der Waals surface area contributed by atoms with Gasteiger partial charge in [-0.1, -0.05) is 6.08 Å². The van der Waals surface area contributed by atoms with E-state index in [0.717, 1.165) is 32.0 Å². The fourth-order valence-corrected chi connectivity index (χ4v) is 3.70. The quantitative estimate of drug-likeness (QED) is 0.675. The average Bonchev–Trinajstić information content (AvgIpc) is 2.80. The van der Waals surface area contributed by atoms with Crippen LogP contribution in [0.2, 0.25) is 0 Å². The van der Waals surface area contributed by atoms with Gasteiger partial charge in [0.1, 0.15) is 6.04 Å². The molecule has 2 aliphatic rings. The van der Waals surface area contributed by atoms with Gasteiger partial charge in [-0.05, 0) is 31.2 Å². The highest BCUT2D eigenvalue weighted by atomic mass is 32.1. The summed E-state index contributed by atoms with van der Waals surface area (Å²) in [6.45, 7) is 9.53. The lowest BCUT2D eigenvalue weighted by Crippen LogP contribution is -2.37. The Morgan fingerprint density at radius 2 is 1.87 bits per heavy atom. The van der Waals surface area contributed by atoms with Gasteiger partial charge >= 0.3 is 0 Å². The summed E-state index contributed by atoms with van der Waals surface area (Å²) >= 11 is 4.63. The summed E-state index contributed by atoms with van der Waals surface area (Å²) in [5.41, 5.74) is 1.94. The Morgan fingerprint density at radius 3 is 2.48 bits per heavy atom. The highest BCUT2D eigenvalue weighted by molar-refractivity contribution is 7.81. The van der Waals surface area contributed by atoms with Crippen molar-refractivity contribution in [2.75, 3.05) is 42.6 Å². The average molecular weight is 333 g/mol. The van der Waals surface area contributed by atoms with E-state index in [-0.39, 0.29) is 17.4 Å². The molecule has 2 aliphatic heterocycles. The minimum Gasteiger partial charge on any atom is -0.378 e. The van der Waals surface area contributed by atoms with Crippen LogP contribution in [-0.2, 0) is 9.53 Å². The Kier molecular flexibility index (Phi) is 4.82. The van der Waals surface area contributed by atoms with Crippen LogP contribution in [-0.4, -0.2) is 55.2 Å². The molecule has 2 atom stereocenters. The maximum Gasteiger partial charge on any atom is 0.247 e.